The second-order valence-corrected chi connectivity index (χ2v) is 8.75. The number of ether oxygens (including phenoxy) is 1. The molecule has 0 amide bonds. The van der Waals surface area contributed by atoms with E-state index in [0.717, 1.165) is 21.6 Å². The Morgan fingerprint density at radius 1 is 1.23 bits per heavy atom. The Hall–Kier alpha value is -2.19. The van der Waals surface area contributed by atoms with Crippen LogP contribution in [0.5, 0.6) is 0 Å². The standard InChI is InChI=1S/C18H22N2O4S2/c1-6-24-18(21)17-16(12(2)13(3)25-17)14-7-9-15(10-8-14)26(22,23)19-11-20(4)5/h7-11H,6H2,1-5H3. The molecule has 0 radical (unpaired) electrons. The number of benzene rings is 1. The largest absolute Gasteiger partial charge is 0.462 e. The van der Waals surface area contributed by atoms with Crippen LogP contribution in [0.3, 0.4) is 0 Å². The lowest BCUT2D eigenvalue weighted by Crippen LogP contribution is -2.10. The molecule has 26 heavy (non-hydrogen) atoms. The van der Waals surface area contributed by atoms with E-state index in [2.05, 4.69) is 4.40 Å². The van der Waals surface area contributed by atoms with Gasteiger partial charge in [-0.25, -0.2) is 4.79 Å². The van der Waals surface area contributed by atoms with Crippen LogP contribution in [0.2, 0.25) is 0 Å². The number of aryl methyl sites for hydroxylation is 1. The Morgan fingerprint density at radius 3 is 2.38 bits per heavy atom. The van der Waals surface area contributed by atoms with Crippen molar-refractivity contribution in [2.45, 2.75) is 25.7 Å². The molecule has 0 aliphatic carbocycles. The van der Waals surface area contributed by atoms with Gasteiger partial charge in [0.25, 0.3) is 10.0 Å². The molecule has 0 saturated heterocycles. The molecular weight excluding hydrogens is 372 g/mol. The van der Waals surface area contributed by atoms with Crippen LogP contribution in [-0.2, 0) is 14.8 Å². The first kappa shape index (κ1) is 20.1. The minimum atomic E-state index is -3.76. The number of thiophene rings is 1. The first-order chi connectivity index (χ1) is 12.2. The Labute approximate surface area is 158 Å². The van der Waals surface area contributed by atoms with Gasteiger partial charge >= 0.3 is 5.97 Å². The maximum Gasteiger partial charge on any atom is 0.348 e. The van der Waals surface area contributed by atoms with Crippen molar-refractivity contribution < 1.29 is 17.9 Å². The summed E-state index contributed by atoms with van der Waals surface area (Å²) >= 11 is 1.38. The Bertz CT molecular complexity index is 927. The lowest BCUT2D eigenvalue weighted by Gasteiger charge is -2.07. The molecule has 0 bridgehead atoms. The van der Waals surface area contributed by atoms with Crippen molar-refractivity contribution in [2.75, 3.05) is 20.7 Å². The van der Waals surface area contributed by atoms with Gasteiger partial charge in [0, 0.05) is 24.5 Å². The molecule has 0 saturated carbocycles. The van der Waals surface area contributed by atoms with Crippen LogP contribution in [0, 0.1) is 13.8 Å². The number of nitrogens with zero attached hydrogens (tertiary/aromatic N) is 2. The summed E-state index contributed by atoms with van der Waals surface area (Å²) in [6, 6.07) is 6.38. The third kappa shape index (κ3) is 4.31. The van der Waals surface area contributed by atoms with Gasteiger partial charge in [0.05, 0.1) is 11.5 Å². The van der Waals surface area contributed by atoms with E-state index in [1.165, 1.54) is 29.8 Å². The summed E-state index contributed by atoms with van der Waals surface area (Å²) in [5, 5.41) is 0. The zero-order chi connectivity index (χ0) is 19.5. The van der Waals surface area contributed by atoms with E-state index in [1.807, 2.05) is 13.8 Å². The molecule has 2 rings (SSSR count). The van der Waals surface area contributed by atoms with Gasteiger partial charge in [-0.15, -0.1) is 15.7 Å². The second kappa shape index (κ2) is 8.01. The SMILES string of the molecule is CCOC(=O)c1sc(C)c(C)c1-c1ccc(S(=O)(=O)N=CN(C)C)cc1. The normalized spacial score (nSPS) is 11.7. The topological polar surface area (TPSA) is 76.0 Å². The molecular formula is C18H22N2O4S2. The highest BCUT2D eigenvalue weighted by molar-refractivity contribution is 7.90. The van der Waals surface area contributed by atoms with Gasteiger partial charge in [-0.05, 0) is 44.0 Å². The summed E-state index contributed by atoms with van der Waals surface area (Å²) in [5.41, 5.74) is 2.54. The number of hydrogen-bond donors (Lipinski definition) is 0. The van der Waals surface area contributed by atoms with Gasteiger partial charge in [-0.1, -0.05) is 12.1 Å². The Balaban J connectivity index is 2.45. The summed E-state index contributed by atoms with van der Waals surface area (Å²) in [5.74, 6) is -0.365. The third-order valence-electron chi connectivity index (χ3n) is 3.70. The Kier molecular flexibility index (Phi) is 6.20. The van der Waals surface area contributed by atoms with Gasteiger partial charge in [-0.3, -0.25) is 0 Å². The summed E-state index contributed by atoms with van der Waals surface area (Å²) < 4.78 is 33.2. The van der Waals surface area contributed by atoms with Crippen LogP contribution in [0.1, 0.15) is 27.0 Å². The second-order valence-electron chi connectivity index (χ2n) is 5.89. The molecule has 8 heteroatoms. The summed E-state index contributed by atoms with van der Waals surface area (Å²) in [7, 11) is -0.365. The van der Waals surface area contributed by atoms with Crippen LogP contribution in [0.25, 0.3) is 11.1 Å². The fraction of sp³-hybridized carbons (Fsp3) is 0.333. The molecule has 0 fully saturated rings. The van der Waals surface area contributed by atoms with Crippen LogP contribution in [0.4, 0.5) is 0 Å². The van der Waals surface area contributed by atoms with Crippen molar-refractivity contribution in [3.8, 4) is 11.1 Å². The van der Waals surface area contributed by atoms with E-state index in [4.69, 9.17) is 4.74 Å². The highest BCUT2D eigenvalue weighted by atomic mass is 32.2. The fourth-order valence-electron chi connectivity index (χ4n) is 2.33. The zero-order valence-electron chi connectivity index (χ0n) is 15.4. The maximum atomic E-state index is 12.2. The van der Waals surface area contributed by atoms with Crippen molar-refractivity contribution >= 4 is 33.7 Å². The zero-order valence-corrected chi connectivity index (χ0v) is 17.1. The number of esters is 1. The monoisotopic (exact) mass is 394 g/mol. The summed E-state index contributed by atoms with van der Waals surface area (Å²) in [6.45, 7) is 5.95. The Morgan fingerprint density at radius 2 is 1.85 bits per heavy atom. The number of hydrogen-bond acceptors (Lipinski definition) is 5. The van der Waals surface area contributed by atoms with E-state index in [9.17, 15) is 13.2 Å². The first-order valence-corrected chi connectivity index (χ1v) is 10.3. The van der Waals surface area contributed by atoms with Crippen molar-refractivity contribution in [3.63, 3.8) is 0 Å². The van der Waals surface area contributed by atoms with E-state index in [-0.39, 0.29) is 10.9 Å². The predicted octanol–water partition coefficient (Wildman–Crippen LogP) is 3.49. The first-order valence-electron chi connectivity index (χ1n) is 8.01. The minimum Gasteiger partial charge on any atom is -0.462 e. The average molecular weight is 395 g/mol. The van der Waals surface area contributed by atoms with Gasteiger partial charge in [0.15, 0.2) is 0 Å². The molecule has 0 aliphatic heterocycles. The van der Waals surface area contributed by atoms with Crippen LogP contribution >= 0.6 is 11.3 Å². The molecule has 0 N–H and O–H groups in total. The molecule has 140 valence electrons. The smallest absolute Gasteiger partial charge is 0.348 e. The molecule has 1 aromatic carbocycles. The highest BCUT2D eigenvalue weighted by Gasteiger charge is 2.22. The van der Waals surface area contributed by atoms with Crippen molar-refractivity contribution in [3.05, 3.63) is 39.6 Å². The third-order valence-corrected chi connectivity index (χ3v) is 6.13. The lowest BCUT2D eigenvalue weighted by molar-refractivity contribution is 0.0533. The van der Waals surface area contributed by atoms with Crippen LogP contribution < -0.4 is 0 Å². The van der Waals surface area contributed by atoms with E-state index in [0.29, 0.717) is 11.5 Å². The van der Waals surface area contributed by atoms with Crippen molar-refractivity contribution in [2.24, 2.45) is 4.40 Å². The number of carbonyl (C=O) groups excluding carboxylic acids is 1. The number of rotatable bonds is 6. The molecule has 1 aromatic heterocycles. The van der Waals surface area contributed by atoms with Crippen LogP contribution in [0.15, 0.2) is 33.6 Å². The number of sulfonamides is 1. The predicted molar refractivity (Wildman–Crippen MR) is 105 cm³/mol. The summed E-state index contributed by atoms with van der Waals surface area (Å²) in [6.07, 6.45) is 1.24. The fourth-order valence-corrected chi connectivity index (χ4v) is 4.32. The van der Waals surface area contributed by atoms with E-state index >= 15 is 0 Å². The van der Waals surface area contributed by atoms with Crippen LogP contribution in [-0.4, -0.2) is 46.3 Å². The minimum absolute atomic E-state index is 0.0987. The molecule has 0 spiro atoms. The lowest BCUT2D eigenvalue weighted by atomic mass is 10.0. The van der Waals surface area contributed by atoms with Gasteiger partial charge in [-0.2, -0.15) is 8.42 Å². The number of carbonyl (C=O) groups is 1. The summed E-state index contributed by atoms with van der Waals surface area (Å²) in [4.78, 5) is 15.5. The molecule has 2 aromatic rings. The molecule has 0 unspecified atom stereocenters. The van der Waals surface area contributed by atoms with E-state index < -0.39 is 10.0 Å². The van der Waals surface area contributed by atoms with Gasteiger partial charge < -0.3 is 9.64 Å². The van der Waals surface area contributed by atoms with Crippen molar-refractivity contribution in [1.82, 2.24) is 4.90 Å². The van der Waals surface area contributed by atoms with E-state index in [1.54, 1.807) is 38.1 Å². The molecule has 6 nitrogen and oxygen atoms in total. The highest BCUT2D eigenvalue weighted by Crippen LogP contribution is 2.36. The molecule has 1 heterocycles. The molecule has 0 atom stereocenters. The van der Waals surface area contributed by atoms with Gasteiger partial charge in [0.2, 0.25) is 0 Å². The van der Waals surface area contributed by atoms with Crippen molar-refractivity contribution in [1.29, 1.82) is 0 Å². The van der Waals surface area contributed by atoms with Gasteiger partial charge in [0.1, 0.15) is 11.2 Å². The molecule has 0 aliphatic rings. The average Bonchev–Trinajstić information content (AvgIpc) is 2.89. The quantitative estimate of drug-likeness (QED) is 0.426. The maximum absolute atomic E-state index is 12.2.